The Bertz CT molecular complexity index is 790. The van der Waals surface area contributed by atoms with Gasteiger partial charge in [-0.2, -0.15) is 0 Å². The molecule has 0 bridgehead atoms. The first kappa shape index (κ1) is 12.5. The van der Waals surface area contributed by atoms with Crippen LogP contribution in [0.4, 0.5) is 4.39 Å². The smallest absolute Gasteiger partial charge is 0.137 e. The summed E-state index contributed by atoms with van der Waals surface area (Å²) in [5.41, 5.74) is 3.38. The molecule has 0 spiro atoms. The van der Waals surface area contributed by atoms with Gasteiger partial charge < -0.3 is 5.32 Å². The SMILES string of the molecule is Fc1ccc(CNC2CC2)cc1-c1cccc2nccn12. The molecule has 0 amide bonds. The summed E-state index contributed by atoms with van der Waals surface area (Å²) in [7, 11) is 0. The number of hydrogen-bond acceptors (Lipinski definition) is 2. The van der Waals surface area contributed by atoms with Crippen LogP contribution in [-0.4, -0.2) is 15.4 Å². The molecule has 0 aliphatic heterocycles. The Labute approximate surface area is 122 Å². The highest BCUT2D eigenvalue weighted by Crippen LogP contribution is 2.25. The lowest BCUT2D eigenvalue weighted by Crippen LogP contribution is -2.15. The molecule has 0 saturated heterocycles. The second kappa shape index (κ2) is 4.97. The summed E-state index contributed by atoms with van der Waals surface area (Å²) in [4.78, 5) is 4.25. The molecule has 0 atom stereocenters. The second-order valence-corrected chi connectivity index (χ2v) is 5.54. The number of rotatable bonds is 4. The first-order valence-electron chi connectivity index (χ1n) is 7.25. The molecule has 0 radical (unpaired) electrons. The number of pyridine rings is 1. The van der Waals surface area contributed by atoms with Crippen molar-refractivity contribution in [2.75, 3.05) is 0 Å². The summed E-state index contributed by atoms with van der Waals surface area (Å²) in [6.45, 7) is 0.790. The molecule has 106 valence electrons. The molecule has 2 heterocycles. The molecule has 1 aliphatic rings. The fourth-order valence-corrected chi connectivity index (χ4v) is 2.60. The van der Waals surface area contributed by atoms with E-state index in [2.05, 4.69) is 10.3 Å². The van der Waals surface area contributed by atoms with E-state index in [-0.39, 0.29) is 5.82 Å². The zero-order valence-electron chi connectivity index (χ0n) is 11.6. The van der Waals surface area contributed by atoms with E-state index in [0.29, 0.717) is 11.6 Å². The maximum Gasteiger partial charge on any atom is 0.137 e. The summed E-state index contributed by atoms with van der Waals surface area (Å²) in [5, 5.41) is 3.46. The third kappa shape index (κ3) is 2.43. The van der Waals surface area contributed by atoms with Gasteiger partial charge in [-0.3, -0.25) is 4.40 Å². The number of aromatic nitrogens is 2. The van der Waals surface area contributed by atoms with Crippen LogP contribution in [0.25, 0.3) is 16.9 Å². The lowest BCUT2D eigenvalue weighted by Gasteiger charge is -2.10. The summed E-state index contributed by atoms with van der Waals surface area (Å²) in [6.07, 6.45) is 6.10. The quantitative estimate of drug-likeness (QED) is 0.794. The van der Waals surface area contributed by atoms with Gasteiger partial charge in [0.25, 0.3) is 0 Å². The third-order valence-electron chi connectivity index (χ3n) is 3.91. The largest absolute Gasteiger partial charge is 0.310 e. The molecule has 1 aliphatic carbocycles. The average Bonchev–Trinajstić information content (AvgIpc) is 3.21. The maximum atomic E-state index is 14.2. The van der Waals surface area contributed by atoms with Crippen LogP contribution in [0, 0.1) is 5.82 Å². The van der Waals surface area contributed by atoms with Crippen molar-refractivity contribution in [1.82, 2.24) is 14.7 Å². The fourth-order valence-electron chi connectivity index (χ4n) is 2.60. The van der Waals surface area contributed by atoms with E-state index in [1.165, 1.54) is 12.8 Å². The highest BCUT2D eigenvalue weighted by molar-refractivity contribution is 5.65. The fraction of sp³-hybridized carbons (Fsp3) is 0.235. The van der Waals surface area contributed by atoms with E-state index in [4.69, 9.17) is 0 Å². The van der Waals surface area contributed by atoms with Gasteiger partial charge in [-0.15, -0.1) is 0 Å². The molecule has 0 unspecified atom stereocenters. The summed E-state index contributed by atoms with van der Waals surface area (Å²) in [5.74, 6) is -0.202. The van der Waals surface area contributed by atoms with Gasteiger partial charge in [0.15, 0.2) is 0 Å². The number of hydrogen-bond donors (Lipinski definition) is 1. The van der Waals surface area contributed by atoms with Crippen LogP contribution in [0.15, 0.2) is 48.8 Å². The Morgan fingerprint density at radius 3 is 3.00 bits per heavy atom. The first-order chi connectivity index (χ1) is 10.3. The molecule has 1 aromatic carbocycles. The molecule has 1 N–H and O–H groups in total. The number of imidazole rings is 1. The number of benzene rings is 1. The van der Waals surface area contributed by atoms with E-state index in [1.54, 1.807) is 12.3 Å². The maximum absolute atomic E-state index is 14.2. The Kier molecular flexibility index (Phi) is 2.97. The molecule has 2 aromatic heterocycles. The predicted molar refractivity (Wildman–Crippen MR) is 80.4 cm³/mol. The lowest BCUT2D eigenvalue weighted by molar-refractivity contribution is 0.627. The second-order valence-electron chi connectivity index (χ2n) is 5.54. The Hall–Kier alpha value is -2.20. The number of nitrogens with zero attached hydrogens (tertiary/aromatic N) is 2. The van der Waals surface area contributed by atoms with E-state index in [1.807, 2.05) is 40.9 Å². The van der Waals surface area contributed by atoms with Crippen molar-refractivity contribution in [2.45, 2.75) is 25.4 Å². The van der Waals surface area contributed by atoms with Gasteiger partial charge in [-0.05, 0) is 42.7 Å². The van der Waals surface area contributed by atoms with Crippen LogP contribution in [0.5, 0.6) is 0 Å². The number of halogens is 1. The highest BCUT2D eigenvalue weighted by Gasteiger charge is 2.20. The summed E-state index contributed by atoms with van der Waals surface area (Å²) >= 11 is 0. The van der Waals surface area contributed by atoms with Gasteiger partial charge in [0.2, 0.25) is 0 Å². The van der Waals surface area contributed by atoms with Crippen molar-refractivity contribution in [1.29, 1.82) is 0 Å². The Balaban J connectivity index is 1.75. The Morgan fingerprint density at radius 1 is 1.24 bits per heavy atom. The van der Waals surface area contributed by atoms with Crippen LogP contribution in [-0.2, 0) is 6.54 Å². The third-order valence-corrected chi connectivity index (χ3v) is 3.91. The van der Waals surface area contributed by atoms with Gasteiger partial charge in [-0.25, -0.2) is 9.37 Å². The molecule has 1 fully saturated rings. The minimum Gasteiger partial charge on any atom is -0.310 e. The molecular weight excluding hydrogens is 265 g/mol. The van der Waals surface area contributed by atoms with E-state index >= 15 is 0 Å². The molecule has 4 rings (SSSR count). The Morgan fingerprint density at radius 2 is 2.14 bits per heavy atom. The van der Waals surface area contributed by atoms with Gasteiger partial charge >= 0.3 is 0 Å². The monoisotopic (exact) mass is 281 g/mol. The molecule has 3 aromatic rings. The average molecular weight is 281 g/mol. The van der Waals surface area contributed by atoms with Crippen LogP contribution >= 0.6 is 0 Å². The predicted octanol–water partition coefficient (Wildman–Crippen LogP) is 3.39. The zero-order chi connectivity index (χ0) is 14.2. The van der Waals surface area contributed by atoms with Crippen molar-refractivity contribution < 1.29 is 4.39 Å². The van der Waals surface area contributed by atoms with Crippen molar-refractivity contribution in [3.8, 4) is 11.3 Å². The zero-order valence-corrected chi connectivity index (χ0v) is 11.6. The molecule has 21 heavy (non-hydrogen) atoms. The van der Waals surface area contributed by atoms with Crippen LogP contribution in [0.2, 0.25) is 0 Å². The van der Waals surface area contributed by atoms with E-state index in [0.717, 1.165) is 23.4 Å². The normalized spacial score (nSPS) is 14.7. The summed E-state index contributed by atoms with van der Waals surface area (Å²) in [6, 6.07) is 11.7. The van der Waals surface area contributed by atoms with E-state index in [9.17, 15) is 4.39 Å². The van der Waals surface area contributed by atoms with Gasteiger partial charge in [0.05, 0.1) is 5.69 Å². The van der Waals surface area contributed by atoms with E-state index < -0.39 is 0 Å². The number of fused-ring (bicyclic) bond motifs is 1. The van der Waals surface area contributed by atoms with Gasteiger partial charge in [-0.1, -0.05) is 12.1 Å². The number of nitrogens with one attached hydrogen (secondary N) is 1. The van der Waals surface area contributed by atoms with Crippen molar-refractivity contribution >= 4 is 5.65 Å². The van der Waals surface area contributed by atoms with Crippen LogP contribution in [0.1, 0.15) is 18.4 Å². The molecule has 4 heteroatoms. The summed E-state index contributed by atoms with van der Waals surface area (Å²) < 4.78 is 16.2. The minimum absolute atomic E-state index is 0.202. The molecule has 1 saturated carbocycles. The first-order valence-corrected chi connectivity index (χ1v) is 7.25. The van der Waals surface area contributed by atoms with Crippen molar-refractivity contribution in [2.24, 2.45) is 0 Å². The van der Waals surface area contributed by atoms with Crippen molar-refractivity contribution in [3.63, 3.8) is 0 Å². The van der Waals surface area contributed by atoms with Gasteiger partial charge in [0.1, 0.15) is 11.5 Å². The lowest BCUT2D eigenvalue weighted by atomic mass is 10.1. The van der Waals surface area contributed by atoms with Crippen LogP contribution in [0.3, 0.4) is 0 Å². The van der Waals surface area contributed by atoms with Crippen molar-refractivity contribution in [3.05, 3.63) is 60.2 Å². The van der Waals surface area contributed by atoms with Crippen LogP contribution < -0.4 is 5.32 Å². The minimum atomic E-state index is -0.202. The molecular formula is C17H16FN3. The molecule has 3 nitrogen and oxygen atoms in total. The van der Waals surface area contributed by atoms with Gasteiger partial charge in [0, 0.05) is 30.5 Å². The standard InChI is InChI=1S/C17H16FN3/c18-15-7-4-12(11-20-13-5-6-13)10-14(15)16-2-1-3-17-19-8-9-21(16)17/h1-4,7-10,13,20H,5-6,11H2. The highest BCUT2D eigenvalue weighted by atomic mass is 19.1. The topological polar surface area (TPSA) is 29.3 Å².